The third kappa shape index (κ3) is 5.90. The van der Waals surface area contributed by atoms with Crippen molar-refractivity contribution in [2.45, 2.75) is 26.8 Å². The molecule has 0 bridgehead atoms. The van der Waals surface area contributed by atoms with E-state index in [4.69, 9.17) is 0 Å². The Bertz CT molecular complexity index is 758. The number of benzene rings is 2. The minimum absolute atomic E-state index is 0.0907. The van der Waals surface area contributed by atoms with E-state index in [9.17, 15) is 9.59 Å². The number of hydrogen-bond donors (Lipinski definition) is 3. The van der Waals surface area contributed by atoms with E-state index in [0.29, 0.717) is 5.56 Å². The van der Waals surface area contributed by atoms with Crippen molar-refractivity contribution in [3.05, 3.63) is 58.1 Å². The van der Waals surface area contributed by atoms with Crippen molar-refractivity contribution in [1.82, 2.24) is 5.32 Å². The summed E-state index contributed by atoms with van der Waals surface area (Å²) in [5.41, 5.74) is 3.09. The molecule has 5 nitrogen and oxygen atoms in total. The lowest BCUT2D eigenvalue weighted by atomic mass is 10.1. The van der Waals surface area contributed by atoms with Crippen LogP contribution in [0.1, 0.15) is 29.8 Å². The van der Waals surface area contributed by atoms with Crippen LogP contribution in [0.25, 0.3) is 0 Å². The van der Waals surface area contributed by atoms with Gasteiger partial charge in [-0.25, -0.2) is 0 Å². The van der Waals surface area contributed by atoms with Gasteiger partial charge in [0, 0.05) is 27.5 Å². The zero-order chi connectivity index (χ0) is 18.4. The largest absolute Gasteiger partial charge is 0.376 e. The van der Waals surface area contributed by atoms with Crippen LogP contribution in [0.4, 0.5) is 11.4 Å². The fourth-order valence-corrected chi connectivity index (χ4v) is 2.53. The highest BCUT2D eigenvalue weighted by atomic mass is 79.9. The molecule has 0 aliphatic carbocycles. The van der Waals surface area contributed by atoms with Crippen molar-refractivity contribution in [2.75, 3.05) is 17.2 Å². The number of nitrogens with one attached hydrogen (secondary N) is 3. The fraction of sp³-hybridized carbons (Fsp3) is 0.263. The quantitative estimate of drug-likeness (QED) is 0.683. The lowest BCUT2D eigenvalue weighted by Crippen LogP contribution is -2.30. The molecule has 0 aliphatic rings. The molecule has 0 unspecified atom stereocenters. The van der Waals surface area contributed by atoms with Crippen LogP contribution < -0.4 is 16.0 Å². The Hall–Kier alpha value is -2.34. The maximum absolute atomic E-state index is 12.0. The Morgan fingerprint density at radius 3 is 2.36 bits per heavy atom. The number of amides is 2. The Kier molecular flexibility index (Phi) is 6.58. The molecule has 0 saturated heterocycles. The summed E-state index contributed by atoms with van der Waals surface area (Å²) in [4.78, 5) is 24.0. The molecule has 2 amide bonds. The summed E-state index contributed by atoms with van der Waals surface area (Å²) in [6.45, 7) is 5.89. The highest BCUT2D eigenvalue weighted by Crippen LogP contribution is 2.17. The molecule has 0 atom stereocenters. The van der Waals surface area contributed by atoms with E-state index in [1.807, 2.05) is 57.2 Å². The Morgan fingerprint density at radius 1 is 1.08 bits per heavy atom. The van der Waals surface area contributed by atoms with E-state index in [1.165, 1.54) is 0 Å². The fourth-order valence-electron chi connectivity index (χ4n) is 2.26. The molecule has 0 heterocycles. The first-order valence-corrected chi connectivity index (χ1v) is 8.85. The van der Waals surface area contributed by atoms with Gasteiger partial charge in [-0.1, -0.05) is 15.9 Å². The predicted octanol–water partition coefficient (Wildman–Crippen LogP) is 3.95. The second-order valence-corrected chi connectivity index (χ2v) is 6.98. The average Bonchev–Trinajstić information content (AvgIpc) is 2.55. The minimum atomic E-state index is -0.136. The van der Waals surface area contributed by atoms with Crippen LogP contribution in [-0.2, 0) is 4.79 Å². The minimum Gasteiger partial charge on any atom is -0.376 e. The monoisotopic (exact) mass is 403 g/mol. The molecule has 0 aromatic heterocycles. The van der Waals surface area contributed by atoms with Gasteiger partial charge in [-0.2, -0.15) is 0 Å². The van der Waals surface area contributed by atoms with Gasteiger partial charge in [0.25, 0.3) is 5.91 Å². The molecule has 0 saturated carbocycles. The molecule has 6 heteroatoms. The summed E-state index contributed by atoms with van der Waals surface area (Å²) in [5, 5.41) is 8.78. The molecule has 0 spiro atoms. The first-order chi connectivity index (χ1) is 11.8. The Balaban J connectivity index is 1.93. The van der Waals surface area contributed by atoms with Gasteiger partial charge in [0.15, 0.2) is 0 Å². The highest BCUT2D eigenvalue weighted by Gasteiger charge is 2.09. The molecular weight excluding hydrogens is 382 g/mol. The number of carbonyl (C=O) groups excluding carboxylic acids is 2. The molecular formula is C19H22BrN3O2. The number of rotatable bonds is 6. The Labute approximate surface area is 156 Å². The lowest BCUT2D eigenvalue weighted by Gasteiger charge is -2.13. The standard InChI is InChI=1S/C19H22BrN3O2/c1-12(2)22-19(25)14-4-9-17(13(3)10-14)21-11-18(24)23-16-7-5-15(20)6-8-16/h4-10,12,21H,11H2,1-3H3,(H,22,25)(H,23,24). The number of aryl methyl sites for hydroxylation is 1. The molecule has 0 radical (unpaired) electrons. The third-order valence-electron chi connectivity index (χ3n) is 3.48. The van der Waals surface area contributed by atoms with Crippen LogP contribution in [0.15, 0.2) is 46.9 Å². The summed E-state index contributed by atoms with van der Waals surface area (Å²) in [6, 6.07) is 12.9. The maximum Gasteiger partial charge on any atom is 0.251 e. The number of anilines is 2. The molecule has 132 valence electrons. The molecule has 25 heavy (non-hydrogen) atoms. The van der Waals surface area contributed by atoms with Crippen LogP contribution in [0, 0.1) is 6.92 Å². The first kappa shape index (κ1) is 19.0. The van der Waals surface area contributed by atoms with Crippen LogP contribution in [0.5, 0.6) is 0 Å². The molecule has 0 aliphatic heterocycles. The maximum atomic E-state index is 12.0. The highest BCUT2D eigenvalue weighted by molar-refractivity contribution is 9.10. The topological polar surface area (TPSA) is 70.2 Å². The van der Waals surface area contributed by atoms with Crippen molar-refractivity contribution in [2.24, 2.45) is 0 Å². The zero-order valence-corrected chi connectivity index (χ0v) is 16.1. The number of halogens is 1. The summed E-state index contributed by atoms with van der Waals surface area (Å²) in [6.07, 6.45) is 0. The van der Waals surface area contributed by atoms with Crippen LogP contribution in [-0.4, -0.2) is 24.4 Å². The van der Waals surface area contributed by atoms with E-state index in [-0.39, 0.29) is 24.4 Å². The van der Waals surface area contributed by atoms with Crippen molar-refractivity contribution >= 4 is 39.1 Å². The van der Waals surface area contributed by atoms with Gasteiger partial charge >= 0.3 is 0 Å². The van der Waals surface area contributed by atoms with Crippen molar-refractivity contribution in [3.8, 4) is 0 Å². The summed E-state index contributed by atoms with van der Waals surface area (Å²) < 4.78 is 0.959. The Morgan fingerprint density at radius 2 is 1.76 bits per heavy atom. The van der Waals surface area contributed by atoms with Gasteiger partial charge < -0.3 is 16.0 Å². The van der Waals surface area contributed by atoms with E-state index in [2.05, 4.69) is 31.9 Å². The normalized spacial score (nSPS) is 10.4. The van der Waals surface area contributed by atoms with Gasteiger partial charge in [0.1, 0.15) is 0 Å². The van der Waals surface area contributed by atoms with E-state index in [1.54, 1.807) is 6.07 Å². The van der Waals surface area contributed by atoms with Crippen molar-refractivity contribution < 1.29 is 9.59 Å². The van der Waals surface area contributed by atoms with Gasteiger partial charge in [0.05, 0.1) is 6.54 Å². The number of carbonyl (C=O) groups is 2. The SMILES string of the molecule is Cc1cc(C(=O)NC(C)C)ccc1NCC(=O)Nc1ccc(Br)cc1. The number of hydrogen-bond acceptors (Lipinski definition) is 3. The van der Waals surface area contributed by atoms with Crippen molar-refractivity contribution in [1.29, 1.82) is 0 Å². The molecule has 2 aromatic carbocycles. The zero-order valence-electron chi connectivity index (χ0n) is 14.5. The molecule has 0 fully saturated rings. The van der Waals surface area contributed by atoms with E-state index >= 15 is 0 Å². The second kappa shape index (κ2) is 8.67. The molecule has 2 rings (SSSR count). The molecule has 2 aromatic rings. The van der Waals surface area contributed by atoms with Crippen LogP contribution in [0.2, 0.25) is 0 Å². The average molecular weight is 404 g/mol. The smallest absolute Gasteiger partial charge is 0.251 e. The second-order valence-electron chi connectivity index (χ2n) is 6.07. The van der Waals surface area contributed by atoms with E-state index < -0.39 is 0 Å². The van der Waals surface area contributed by atoms with Gasteiger partial charge in [0.2, 0.25) is 5.91 Å². The third-order valence-corrected chi connectivity index (χ3v) is 4.00. The summed E-state index contributed by atoms with van der Waals surface area (Å²) in [7, 11) is 0. The van der Waals surface area contributed by atoms with Crippen LogP contribution >= 0.6 is 15.9 Å². The summed E-state index contributed by atoms with van der Waals surface area (Å²) in [5.74, 6) is -0.235. The lowest BCUT2D eigenvalue weighted by molar-refractivity contribution is -0.114. The predicted molar refractivity (Wildman–Crippen MR) is 105 cm³/mol. The van der Waals surface area contributed by atoms with Gasteiger partial charge in [-0.3, -0.25) is 9.59 Å². The van der Waals surface area contributed by atoms with Crippen molar-refractivity contribution in [3.63, 3.8) is 0 Å². The van der Waals surface area contributed by atoms with Gasteiger partial charge in [-0.05, 0) is 68.8 Å². The summed E-state index contributed by atoms with van der Waals surface area (Å²) >= 11 is 3.36. The van der Waals surface area contributed by atoms with Crippen LogP contribution in [0.3, 0.4) is 0 Å². The van der Waals surface area contributed by atoms with E-state index in [0.717, 1.165) is 21.4 Å². The first-order valence-electron chi connectivity index (χ1n) is 8.06. The van der Waals surface area contributed by atoms with Gasteiger partial charge in [-0.15, -0.1) is 0 Å². The molecule has 3 N–H and O–H groups in total.